The molecule has 0 radical (unpaired) electrons. The summed E-state index contributed by atoms with van der Waals surface area (Å²) < 4.78 is 6.60. The molecule has 1 unspecified atom stereocenters. The fourth-order valence-electron chi connectivity index (χ4n) is 5.48. The number of nitrogens with two attached hydrogens (primary N) is 1. The van der Waals surface area contributed by atoms with Crippen molar-refractivity contribution in [3.63, 3.8) is 0 Å². The summed E-state index contributed by atoms with van der Waals surface area (Å²) in [5.41, 5.74) is 9.30. The molecule has 2 aliphatic heterocycles. The van der Waals surface area contributed by atoms with Gasteiger partial charge in [-0.25, -0.2) is 0 Å². The molecule has 6 rings (SSSR count). The van der Waals surface area contributed by atoms with Gasteiger partial charge < -0.3 is 20.5 Å². The molecule has 1 saturated carbocycles. The monoisotopic (exact) mass is 587 g/mol. The molecule has 39 heavy (non-hydrogen) atoms. The van der Waals surface area contributed by atoms with E-state index in [-0.39, 0.29) is 12.7 Å². The quantitative estimate of drug-likeness (QED) is 0.332. The van der Waals surface area contributed by atoms with Crippen molar-refractivity contribution >= 4 is 40.4 Å². The number of aliphatic hydroxyl groups excluding tert-OH is 1. The Morgan fingerprint density at radius 1 is 1.13 bits per heavy atom. The molecule has 10 heteroatoms. The SMILES string of the molecule is NC(=O)C1c2ccc(-c3ccc(Cl)s3)cc2CON1[C@H](CN1CCCC1)[C@H](O)c1ccc(OC2CC2)c(Cl)c1. The van der Waals surface area contributed by atoms with Crippen LogP contribution in [-0.4, -0.2) is 52.8 Å². The van der Waals surface area contributed by atoms with E-state index in [0.717, 1.165) is 60.3 Å². The minimum absolute atomic E-state index is 0.219. The lowest BCUT2D eigenvalue weighted by Crippen LogP contribution is -2.52. The van der Waals surface area contributed by atoms with Gasteiger partial charge in [0.2, 0.25) is 5.91 Å². The number of fused-ring (bicyclic) bond motifs is 1. The van der Waals surface area contributed by atoms with E-state index in [1.165, 1.54) is 11.3 Å². The summed E-state index contributed by atoms with van der Waals surface area (Å²) in [6, 6.07) is 13.8. The van der Waals surface area contributed by atoms with Crippen LogP contribution in [0.25, 0.3) is 10.4 Å². The third-order valence-corrected chi connectivity index (χ3v) is 9.21. The Labute approximate surface area is 242 Å². The second-order valence-electron chi connectivity index (χ2n) is 10.5. The number of halogens is 2. The molecule has 1 aliphatic carbocycles. The first kappa shape index (κ1) is 27.0. The minimum Gasteiger partial charge on any atom is -0.489 e. The van der Waals surface area contributed by atoms with Crippen molar-refractivity contribution in [2.75, 3.05) is 19.6 Å². The molecule has 1 amide bonds. The molecule has 7 nitrogen and oxygen atoms in total. The topological polar surface area (TPSA) is 88.3 Å². The number of hydrogen-bond acceptors (Lipinski definition) is 7. The van der Waals surface area contributed by atoms with E-state index in [1.54, 1.807) is 11.1 Å². The first-order chi connectivity index (χ1) is 18.9. The Morgan fingerprint density at radius 3 is 2.59 bits per heavy atom. The molecule has 1 aromatic heterocycles. The van der Waals surface area contributed by atoms with Gasteiger partial charge in [0.1, 0.15) is 11.8 Å². The number of rotatable bonds is 9. The highest BCUT2D eigenvalue weighted by atomic mass is 35.5. The number of thiophene rings is 1. The van der Waals surface area contributed by atoms with E-state index in [2.05, 4.69) is 4.90 Å². The zero-order valence-electron chi connectivity index (χ0n) is 21.4. The number of amides is 1. The van der Waals surface area contributed by atoms with Crippen LogP contribution in [0.2, 0.25) is 9.36 Å². The number of benzene rings is 2. The third-order valence-electron chi connectivity index (χ3n) is 7.64. The van der Waals surface area contributed by atoms with E-state index >= 15 is 0 Å². The molecule has 3 aliphatic rings. The van der Waals surface area contributed by atoms with Crippen LogP contribution in [0.1, 0.15) is 54.5 Å². The van der Waals surface area contributed by atoms with Crippen molar-refractivity contribution in [2.45, 2.75) is 56.6 Å². The Balaban J connectivity index is 1.32. The lowest BCUT2D eigenvalue weighted by Gasteiger charge is -2.42. The number of carbonyl (C=O) groups excluding carboxylic acids is 1. The Kier molecular flexibility index (Phi) is 7.88. The zero-order chi connectivity index (χ0) is 27.1. The molecule has 3 heterocycles. The Hall–Kier alpha value is -2.17. The molecule has 206 valence electrons. The van der Waals surface area contributed by atoms with E-state index < -0.39 is 24.1 Å². The van der Waals surface area contributed by atoms with Crippen LogP contribution < -0.4 is 10.5 Å². The second kappa shape index (κ2) is 11.4. The Bertz CT molecular complexity index is 1360. The molecule has 3 atom stereocenters. The minimum atomic E-state index is -0.978. The summed E-state index contributed by atoms with van der Waals surface area (Å²) in [6.07, 6.45) is 3.50. The van der Waals surface area contributed by atoms with Gasteiger partial charge in [0.15, 0.2) is 0 Å². The largest absolute Gasteiger partial charge is 0.489 e. The van der Waals surface area contributed by atoms with Gasteiger partial charge in [0.05, 0.1) is 34.2 Å². The average molecular weight is 589 g/mol. The normalized spacial score (nSPS) is 21.5. The second-order valence-corrected chi connectivity index (χ2v) is 12.6. The maximum Gasteiger partial charge on any atom is 0.241 e. The molecule has 3 aromatic rings. The van der Waals surface area contributed by atoms with Gasteiger partial charge in [0.25, 0.3) is 0 Å². The zero-order valence-corrected chi connectivity index (χ0v) is 23.7. The molecule has 0 spiro atoms. The first-order valence-electron chi connectivity index (χ1n) is 13.3. The number of carbonyl (C=O) groups is 1. The predicted molar refractivity (Wildman–Crippen MR) is 153 cm³/mol. The van der Waals surface area contributed by atoms with Crippen molar-refractivity contribution in [3.8, 4) is 16.2 Å². The molecule has 3 N–H and O–H groups in total. The highest BCUT2D eigenvalue weighted by Gasteiger charge is 2.42. The first-order valence-corrected chi connectivity index (χ1v) is 14.9. The number of ether oxygens (including phenoxy) is 1. The summed E-state index contributed by atoms with van der Waals surface area (Å²) in [5, 5.41) is 13.8. The lowest BCUT2D eigenvalue weighted by molar-refractivity contribution is -0.249. The number of likely N-dealkylation sites (tertiary alicyclic amines) is 1. The molecule has 2 fully saturated rings. The molecule has 2 aromatic carbocycles. The fourth-order valence-corrected chi connectivity index (χ4v) is 6.75. The van der Waals surface area contributed by atoms with Gasteiger partial charge in [-0.15, -0.1) is 11.3 Å². The average Bonchev–Trinajstić information content (AvgIpc) is 3.39. The van der Waals surface area contributed by atoms with E-state index in [1.807, 2.05) is 42.5 Å². The van der Waals surface area contributed by atoms with Crippen molar-refractivity contribution in [1.82, 2.24) is 9.96 Å². The van der Waals surface area contributed by atoms with Gasteiger partial charge in [-0.1, -0.05) is 41.4 Å². The number of primary amides is 1. The van der Waals surface area contributed by atoms with Crippen LogP contribution in [0.5, 0.6) is 5.75 Å². The summed E-state index contributed by atoms with van der Waals surface area (Å²) in [7, 11) is 0. The van der Waals surface area contributed by atoms with Crippen LogP contribution in [0.4, 0.5) is 0 Å². The third kappa shape index (κ3) is 5.84. The van der Waals surface area contributed by atoms with Crippen LogP contribution in [0.15, 0.2) is 48.5 Å². The van der Waals surface area contributed by atoms with Crippen molar-refractivity contribution in [2.24, 2.45) is 5.73 Å². The van der Waals surface area contributed by atoms with Crippen LogP contribution in [0.3, 0.4) is 0 Å². The lowest BCUT2D eigenvalue weighted by atomic mass is 9.93. The van der Waals surface area contributed by atoms with Crippen LogP contribution >= 0.6 is 34.5 Å². The maximum atomic E-state index is 12.9. The standard InChI is InChI=1S/C29H31Cl2N3O4S/c30-22-14-18(4-8-24(22)38-20-5-6-20)28(35)23(15-33-11-1-2-12-33)34-27(29(32)36)21-7-3-17(13-19(21)16-37-34)25-9-10-26(31)39-25/h3-4,7-10,13-14,20,23,27-28,35H,1-2,5-6,11-12,15-16H2,(H2,32,36)/t23-,27?,28-/m1/s1. The van der Waals surface area contributed by atoms with E-state index in [4.69, 9.17) is 38.5 Å². The number of aliphatic hydroxyl groups is 1. The molecular formula is C29H31Cl2N3O4S. The Morgan fingerprint density at radius 2 is 1.92 bits per heavy atom. The molecule has 0 bridgehead atoms. The molecule has 1 saturated heterocycles. The fraction of sp³-hybridized carbons (Fsp3) is 0.414. The smallest absolute Gasteiger partial charge is 0.241 e. The predicted octanol–water partition coefficient (Wildman–Crippen LogP) is 5.73. The highest BCUT2D eigenvalue weighted by molar-refractivity contribution is 7.19. The van der Waals surface area contributed by atoms with Gasteiger partial charge in [-0.2, -0.15) is 5.06 Å². The summed E-state index contributed by atoms with van der Waals surface area (Å²) in [6.45, 7) is 2.63. The number of hydroxylamine groups is 2. The van der Waals surface area contributed by atoms with Gasteiger partial charge >= 0.3 is 0 Å². The number of hydrogen-bond donors (Lipinski definition) is 2. The maximum absolute atomic E-state index is 12.9. The van der Waals surface area contributed by atoms with Crippen LogP contribution in [0, 0.1) is 0 Å². The summed E-state index contributed by atoms with van der Waals surface area (Å²) in [4.78, 5) is 22.5. The van der Waals surface area contributed by atoms with Gasteiger partial charge in [-0.3, -0.25) is 9.63 Å². The van der Waals surface area contributed by atoms with Gasteiger partial charge in [0, 0.05) is 11.4 Å². The molecular weight excluding hydrogens is 557 g/mol. The van der Waals surface area contributed by atoms with E-state index in [0.29, 0.717) is 27.2 Å². The highest BCUT2D eigenvalue weighted by Crippen LogP contribution is 2.40. The van der Waals surface area contributed by atoms with Crippen molar-refractivity contribution < 1.29 is 19.5 Å². The summed E-state index contributed by atoms with van der Waals surface area (Å²) >= 11 is 14.2. The van der Waals surface area contributed by atoms with Crippen LogP contribution in [-0.2, 0) is 16.2 Å². The van der Waals surface area contributed by atoms with Crippen molar-refractivity contribution in [1.29, 1.82) is 0 Å². The summed E-state index contributed by atoms with van der Waals surface area (Å²) in [5.74, 6) is 0.0832. The van der Waals surface area contributed by atoms with E-state index in [9.17, 15) is 9.90 Å². The number of nitrogens with zero attached hydrogens (tertiary/aromatic N) is 2. The van der Waals surface area contributed by atoms with Gasteiger partial charge in [-0.05, 0) is 91.4 Å². The van der Waals surface area contributed by atoms with Crippen molar-refractivity contribution in [3.05, 3.63) is 74.6 Å².